The lowest BCUT2D eigenvalue weighted by atomic mass is 9.78. The van der Waals surface area contributed by atoms with E-state index in [2.05, 4.69) is 18.7 Å². The van der Waals surface area contributed by atoms with Crippen molar-refractivity contribution in [3.05, 3.63) is 0 Å². The lowest BCUT2D eigenvalue weighted by Gasteiger charge is -2.35. The Kier molecular flexibility index (Phi) is 5.88. The molecule has 20 heavy (non-hydrogen) atoms. The molecule has 0 aromatic rings. The molecule has 3 nitrogen and oxygen atoms in total. The molecule has 0 aromatic carbocycles. The topological polar surface area (TPSA) is 46.3 Å². The van der Waals surface area contributed by atoms with Crippen molar-refractivity contribution in [3.63, 3.8) is 0 Å². The molecule has 4 unspecified atom stereocenters. The van der Waals surface area contributed by atoms with Crippen LogP contribution in [0.3, 0.4) is 0 Å². The molecule has 1 saturated carbocycles. The van der Waals surface area contributed by atoms with Gasteiger partial charge in [0.2, 0.25) is 5.91 Å². The summed E-state index contributed by atoms with van der Waals surface area (Å²) in [6.07, 6.45) is 9.45. The predicted octanol–water partition coefficient (Wildman–Crippen LogP) is 3.18. The summed E-state index contributed by atoms with van der Waals surface area (Å²) in [4.78, 5) is 14.9. The van der Waals surface area contributed by atoms with E-state index in [-0.39, 0.29) is 12.0 Å². The summed E-state index contributed by atoms with van der Waals surface area (Å²) < 4.78 is 0. The first-order chi connectivity index (χ1) is 9.61. The molecule has 2 rings (SSSR count). The van der Waals surface area contributed by atoms with Gasteiger partial charge in [0.25, 0.3) is 0 Å². The summed E-state index contributed by atoms with van der Waals surface area (Å²) in [7, 11) is 0. The fourth-order valence-corrected chi connectivity index (χ4v) is 4.01. The average molecular weight is 280 g/mol. The van der Waals surface area contributed by atoms with Gasteiger partial charge in [-0.25, -0.2) is 0 Å². The third kappa shape index (κ3) is 3.97. The predicted molar refractivity (Wildman–Crippen MR) is 83.3 cm³/mol. The van der Waals surface area contributed by atoms with Crippen molar-refractivity contribution in [3.8, 4) is 0 Å². The van der Waals surface area contributed by atoms with Gasteiger partial charge in [-0.3, -0.25) is 4.79 Å². The summed E-state index contributed by atoms with van der Waals surface area (Å²) in [5.41, 5.74) is 6.22. The molecule has 4 atom stereocenters. The zero-order chi connectivity index (χ0) is 14.5. The number of hydrogen-bond acceptors (Lipinski definition) is 2. The Labute approximate surface area is 124 Å². The third-order valence-electron chi connectivity index (χ3n) is 5.34. The molecule has 0 bridgehead atoms. The van der Waals surface area contributed by atoms with Crippen molar-refractivity contribution in [2.24, 2.45) is 23.5 Å². The van der Waals surface area contributed by atoms with E-state index in [0.717, 1.165) is 31.8 Å². The van der Waals surface area contributed by atoms with Crippen LogP contribution in [-0.4, -0.2) is 29.9 Å². The lowest BCUT2D eigenvalue weighted by molar-refractivity contribution is -0.137. The molecule has 1 heterocycles. The first kappa shape index (κ1) is 15.8. The standard InChI is InChI=1S/C17H32N2O/c1-3-5-14-6-4-10-19(11-9-14)17(20)15-12-13(2)7-8-16(15)18/h13-16H,3-12,18H2,1-2H3. The van der Waals surface area contributed by atoms with Crippen LogP contribution in [0, 0.1) is 17.8 Å². The van der Waals surface area contributed by atoms with Crippen molar-refractivity contribution < 1.29 is 4.79 Å². The van der Waals surface area contributed by atoms with Gasteiger partial charge < -0.3 is 10.6 Å². The number of rotatable bonds is 3. The SMILES string of the molecule is CCCC1CCCN(C(=O)C2CC(C)CCC2N)CC1. The molecule has 2 aliphatic rings. The molecule has 1 saturated heterocycles. The minimum atomic E-state index is 0.0847. The molecule has 2 fully saturated rings. The molecule has 0 radical (unpaired) electrons. The summed E-state index contributed by atoms with van der Waals surface area (Å²) in [5.74, 6) is 1.92. The van der Waals surface area contributed by atoms with Gasteiger partial charge in [0.05, 0.1) is 5.92 Å². The Morgan fingerprint density at radius 3 is 2.75 bits per heavy atom. The number of carbonyl (C=O) groups excluding carboxylic acids is 1. The van der Waals surface area contributed by atoms with Gasteiger partial charge in [0, 0.05) is 19.1 Å². The fourth-order valence-electron chi connectivity index (χ4n) is 4.01. The maximum absolute atomic E-state index is 12.8. The summed E-state index contributed by atoms with van der Waals surface area (Å²) in [6, 6.07) is 0.0911. The second-order valence-corrected chi connectivity index (χ2v) is 7.10. The largest absolute Gasteiger partial charge is 0.342 e. The molecule has 0 aromatic heterocycles. The Hall–Kier alpha value is -0.570. The van der Waals surface area contributed by atoms with Gasteiger partial charge in [0.1, 0.15) is 0 Å². The number of nitrogens with two attached hydrogens (primary N) is 1. The van der Waals surface area contributed by atoms with Gasteiger partial charge in [-0.15, -0.1) is 0 Å². The average Bonchev–Trinajstić information content (AvgIpc) is 2.67. The Morgan fingerprint density at radius 1 is 1.20 bits per heavy atom. The van der Waals surface area contributed by atoms with Gasteiger partial charge >= 0.3 is 0 Å². The second kappa shape index (κ2) is 7.44. The zero-order valence-electron chi connectivity index (χ0n) is 13.3. The quantitative estimate of drug-likeness (QED) is 0.863. The molecular formula is C17H32N2O. The number of hydrogen-bond donors (Lipinski definition) is 1. The van der Waals surface area contributed by atoms with Crippen LogP contribution in [0.25, 0.3) is 0 Å². The van der Waals surface area contributed by atoms with Gasteiger partial charge in [0.15, 0.2) is 0 Å². The van der Waals surface area contributed by atoms with E-state index in [9.17, 15) is 4.79 Å². The molecule has 1 aliphatic heterocycles. The Bertz CT molecular complexity index is 318. The highest BCUT2D eigenvalue weighted by Crippen LogP contribution is 2.30. The van der Waals surface area contributed by atoms with E-state index in [4.69, 9.17) is 5.73 Å². The number of carbonyl (C=O) groups is 1. The second-order valence-electron chi connectivity index (χ2n) is 7.10. The van der Waals surface area contributed by atoms with Crippen molar-refractivity contribution in [2.45, 2.75) is 71.3 Å². The highest BCUT2D eigenvalue weighted by molar-refractivity contribution is 5.79. The number of amides is 1. The van der Waals surface area contributed by atoms with Crippen molar-refractivity contribution in [1.82, 2.24) is 4.90 Å². The third-order valence-corrected chi connectivity index (χ3v) is 5.34. The van der Waals surface area contributed by atoms with Crippen molar-refractivity contribution >= 4 is 5.91 Å². The van der Waals surface area contributed by atoms with E-state index in [0.29, 0.717) is 11.8 Å². The molecule has 0 spiro atoms. The molecule has 1 aliphatic carbocycles. The van der Waals surface area contributed by atoms with Crippen LogP contribution in [0.2, 0.25) is 0 Å². The van der Waals surface area contributed by atoms with Gasteiger partial charge in [-0.2, -0.15) is 0 Å². The minimum absolute atomic E-state index is 0.0847. The van der Waals surface area contributed by atoms with Crippen LogP contribution in [0.5, 0.6) is 0 Å². The highest BCUT2D eigenvalue weighted by atomic mass is 16.2. The van der Waals surface area contributed by atoms with Crippen LogP contribution in [0.4, 0.5) is 0 Å². The van der Waals surface area contributed by atoms with Crippen LogP contribution in [0.1, 0.15) is 65.2 Å². The first-order valence-corrected chi connectivity index (χ1v) is 8.66. The van der Waals surface area contributed by atoms with E-state index in [1.165, 1.54) is 38.5 Å². The molecule has 2 N–H and O–H groups in total. The maximum atomic E-state index is 12.8. The normalized spacial score (nSPS) is 35.6. The van der Waals surface area contributed by atoms with Crippen LogP contribution < -0.4 is 5.73 Å². The lowest BCUT2D eigenvalue weighted by Crippen LogP contribution is -2.47. The van der Waals surface area contributed by atoms with Crippen LogP contribution in [0.15, 0.2) is 0 Å². The summed E-state index contributed by atoms with van der Waals surface area (Å²) >= 11 is 0. The molecular weight excluding hydrogens is 248 g/mol. The molecule has 116 valence electrons. The number of nitrogens with zero attached hydrogens (tertiary/aromatic N) is 1. The highest BCUT2D eigenvalue weighted by Gasteiger charge is 2.34. The fraction of sp³-hybridized carbons (Fsp3) is 0.941. The Morgan fingerprint density at radius 2 is 2.00 bits per heavy atom. The van der Waals surface area contributed by atoms with Crippen LogP contribution >= 0.6 is 0 Å². The summed E-state index contributed by atoms with van der Waals surface area (Å²) in [6.45, 7) is 6.43. The monoisotopic (exact) mass is 280 g/mol. The first-order valence-electron chi connectivity index (χ1n) is 8.66. The Balaban J connectivity index is 1.91. The number of likely N-dealkylation sites (tertiary alicyclic amines) is 1. The van der Waals surface area contributed by atoms with E-state index < -0.39 is 0 Å². The summed E-state index contributed by atoms with van der Waals surface area (Å²) in [5, 5.41) is 0. The molecule has 1 amide bonds. The molecule has 3 heteroatoms. The zero-order valence-corrected chi connectivity index (χ0v) is 13.3. The van der Waals surface area contributed by atoms with E-state index in [1.54, 1.807) is 0 Å². The van der Waals surface area contributed by atoms with Crippen molar-refractivity contribution in [2.75, 3.05) is 13.1 Å². The van der Waals surface area contributed by atoms with E-state index in [1.807, 2.05) is 0 Å². The van der Waals surface area contributed by atoms with Gasteiger partial charge in [-0.1, -0.05) is 26.7 Å². The maximum Gasteiger partial charge on any atom is 0.227 e. The van der Waals surface area contributed by atoms with Crippen LogP contribution in [-0.2, 0) is 4.79 Å². The van der Waals surface area contributed by atoms with E-state index >= 15 is 0 Å². The van der Waals surface area contributed by atoms with Crippen molar-refractivity contribution in [1.29, 1.82) is 0 Å². The smallest absolute Gasteiger partial charge is 0.227 e. The minimum Gasteiger partial charge on any atom is -0.342 e. The van der Waals surface area contributed by atoms with Gasteiger partial charge in [-0.05, 0) is 50.4 Å².